The predicted molar refractivity (Wildman–Crippen MR) is 130 cm³/mol. The maximum absolute atomic E-state index is 12.8. The van der Waals surface area contributed by atoms with E-state index in [1.807, 2.05) is 53.1 Å². The molecule has 0 spiro atoms. The van der Waals surface area contributed by atoms with Crippen molar-refractivity contribution in [2.45, 2.75) is 6.54 Å². The predicted octanol–water partition coefficient (Wildman–Crippen LogP) is 4.84. The van der Waals surface area contributed by atoms with Crippen LogP contribution < -0.4 is 15.6 Å². The van der Waals surface area contributed by atoms with Gasteiger partial charge in [0, 0.05) is 20.8 Å². The van der Waals surface area contributed by atoms with Crippen molar-refractivity contribution < 1.29 is 9.53 Å². The highest BCUT2D eigenvalue weighted by molar-refractivity contribution is 9.11. The van der Waals surface area contributed by atoms with Gasteiger partial charge in [0.1, 0.15) is 12.3 Å². The van der Waals surface area contributed by atoms with Gasteiger partial charge in [-0.25, -0.2) is 5.43 Å². The van der Waals surface area contributed by atoms with E-state index in [0.717, 1.165) is 8.95 Å². The standard InChI is InChI=1S/C23H17Br2N3O3/c1-31-23-14(10-15(24)11-18(23)25)12-26-27-21(29)13-28-19-8-4-2-6-16(19)22(30)17-7-3-5-9-20(17)28/h2-12H,13H2,1H3,(H,27,29)/b26-12-. The molecule has 1 aromatic heterocycles. The summed E-state index contributed by atoms with van der Waals surface area (Å²) < 4.78 is 8.83. The van der Waals surface area contributed by atoms with Crippen LogP contribution in [-0.2, 0) is 11.3 Å². The highest BCUT2D eigenvalue weighted by Crippen LogP contribution is 2.31. The fourth-order valence-electron chi connectivity index (χ4n) is 3.49. The first-order valence-corrected chi connectivity index (χ1v) is 10.9. The molecule has 6 nitrogen and oxygen atoms in total. The van der Waals surface area contributed by atoms with E-state index in [-0.39, 0.29) is 17.9 Å². The van der Waals surface area contributed by atoms with Crippen LogP contribution in [0.25, 0.3) is 21.8 Å². The number of fused-ring (bicyclic) bond motifs is 2. The minimum atomic E-state index is -0.316. The number of pyridine rings is 1. The maximum atomic E-state index is 12.8. The van der Waals surface area contributed by atoms with E-state index in [1.165, 1.54) is 6.21 Å². The van der Waals surface area contributed by atoms with Crippen LogP contribution in [0.2, 0.25) is 0 Å². The number of halogens is 2. The Morgan fingerprint density at radius 3 is 2.29 bits per heavy atom. The zero-order valence-electron chi connectivity index (χ0n) is 16.4. The number of benzene rings is 3. The lowest BCUT2D eigenvalue weighted by Gasteiger charge is -2.14. The summed E-state index contributed by atoms with van der Waals surface area (Å²) >= 11 is 6.87. The number of aromatic nitrogens is 1. The van der Waals surface area contributed by atoms with Gasteiger partial charge >= 0.3 is 0 Å². The van der Waals surface area contributed by atoms with Gasteiger partial charge in [-0.2, -0.15) is 5.10 Å². The lowest BCUT2D eigenvalue weighted by molar-refractivity contribution is -0.121. The largest absolute Gasteiger partial charge is 0.495 e. The molecule has 3 aromatic carbocycles. The van der Waals surface area contributed by atoms with Crippen molar-refractivity contribution in [2.24, 2.45) is 5.10 Å². The number of carbonyl (C=O) groups is 1. The molecule has 0 bridgehead atoms. The molecule has 0 aliphatic heterocycles. The SMILES string of the molecule is COc1c(Br)cc(Br)cc1/C=N\NC(=O)Cn1c2ccccc2c(=O)c2ccccc21. The molecule has 0 aliphatic rings. The highest BCUT2D eigenvalue weighted by atomic mass is 79.9. The van der Waals surface area contributed by atoms with Crippen molar-refractivity contribution in [1.29, 1.82) is 0 Å². The van der Waals surface area contributed by atoms with E-state index in [0.29, 0.717) is 33.1 Å². The summed E-state index contributed by atoms with van der Waals surface area (Å²) in [5, 5.41) is 5.23. The summed E-state index contributed by atoms with van der Waals surface area (Å²) in [7, 11) is 1.57. The van der Waals surface area contributed by atoms with Crippen molar-refractivity contribution in [3.8, 4) is 5.75 Å². The Balaban J connectivity index is 1.65. The molecule has 0 fully saturated rings. The average Bonchev–Trinajstić information content (AvgIpc) is 2.76. The molecule has 1 heterocycles. The number of nitrogens with one attached hydrogen (secondary N) is 1. The van der Waals surface area contributed by atoms with E-state index in [9.17, 15) is 9.59 Å². The highest BCUT2D eigenvalue weighted by Gasteiger charge is 2.13. The Hall–Kier alpha value is -2.97. The van der Waals surface area contributed by atoms with Gasteiger partial charge in [-0.1, -0.05) is 40.2 Å². The Labute approximate surface area is 194 Å². The molecule has 4 rings (SSSR count). The van der Waals surface area contributed by atoms with Crippen LogP contribution in [0.15, 0.2) is 79.5 Å². The van der Waals surface area contributed by atoms with E-state index in [4.69, 9.17) is 4.74 Å². The van der Waals surface area contributed by atoms with Gasteiger partial charge in [-0.15, -0.1) is 0 Å². The number of hydrogen-bond acceptors (Lipinski definition) is 4. The third-order valence-electron chi connectivity index (χ3n) is 4.81. The molecule has 0 radical (unpaired) electrons. The molecule has 0 atom stereocenters. The number of rotatable bonds is 5. The Morgan fingerprint density at radius 2 is 1.68 bits per heavy atom. The third kappa shape index (κ3) is 4.26. The minimum Gasteiger partial charge on any atom is -0.495 e. The van der Waals surface area contributed by atoms with E-state index in [2.05, 4.69) is 42.4 Å². The van der Waals surface area contributed by atoms with Gasteiger partial charge < -0.3 is 9.30 Å². The summed E-state index contributed by atoms with van der Waals surface area (Å²) in [6.07, 6.45) is 1.52. The van der Waals surface area contributed by atoms with Crippen molar-refractivity contribution in [3.05, 3.63) is 85.4 Å². The van der Waals surface area contributed by atoms with Crippen molar-refractivity contribution in [2.75, 3.05) is 7.11 Å². The average molecular weight is 543 g/mol. The van der Waals surface area contributed by atoms with Crippen molar-refractivity contribution in [3.63, 3.8) is 0 Å². The summed E-state index contributed by atoms with van der Waals surface area (Å²) in [6, 6.07) is 18.2. The fourth-order valence-corrected chi connectivity index (χ4v) is 4.91. The third-order valence-corrected chi connectivity index (χ3v) is 5.86. The number of carbonyl (C=O) groups excluding carboxylic acids is 1. The molecule has 0 aliphatic carbocycles. The Bertz CT molecular complexity index is 1340. The molecule has 1 N–H and O–H groups in total. The number of hydrogen-bond donors (Lipinski definition) is 1. The Morgan fingerprint density at radius 1 is 1.06 bits per heavy atom. The van der Waals surface area contributed by atoms with E-state index in [1.54, 1.807) is 19.2 Å². The molecule has 0 saturated heterocycles. The first-order valence-electron chi connectivity index (χ1n) is 9.35. The first kappa shape index (κ1) is 21.3. The van der Waals surface area contributed by atoms with Crippen LogP contribution in [0.1, 0.15) is 5.56 Å². The number of nitrogens with zero attached hydrogens (tertiary/aromatic N) is 2. The molecule has 0 saturated carbocycles. The maximum Gasteiger partial charge on any atom is 0.260 e. The summed E-state index contributed by atoms with van der Waals surface area (Å²) in [5.41, 5.74) is 4.60. The van der Waals surface area contributed by atoms with E-state index >= 15 is 0 Å². The smallest absolute Gasteiger partial charge is 0.260 e. The molecular formula is C23H17Br2N3O3. The van der Waals surface area contributed by atoms with Gasteiger partial charge in [-0.3, -0.25) is 9.59 Å². The quantitative estimate of drug-likeness (QED) is 0.223. The van der Waals surface area contributed by atoms with Gasteiger partial charge in [0.2, 0.25) is 0 Å². The molecule has 1 amide bonds. The number of para-hydroxylation sites is 2. The van der Waals surface area contributed by atoms with Gasteiger partial charge in [0.05, 0.1) is 28.8 Å². The fraction of sp³-hybridized carbons (Fsp3) is 0.0870. The second-order valence-corrected chi connectivity index (χ2v) is 8.52. The van der Waals surface area contributed by atoms with Crippen LogP contribution in [0.5, 0.6) is 5.75 Å². The van der Waals surface area contributed by atoms with Crippen LogP contribution in [-0.4, -0.2) is 23.8 Å². The summed E-state index contributed by atoms with van der Waals surface area (Å²) in [4.78, 5) is 25.5. The molecule has 4 aromatic rings. The van der Waals surface area contributed by atoms with Crippen LogP contribution in [0, 0.1) is 0 Å². The molecule has 156 valence electrons. The lowest BCUT2D eigenvalue weighted by Crippen LogP contribution is -2.25. The zero-order chi connectivity index (χ0) is 22.0. The number of ether oxygens (including phenoxy) is 1. The normalized spacial score (nSPS) is 11.3. The lowest BCUT2D eigenvalue weighted by atomic mass is 10.1. The van der Waals surface area contributed by atoms with Crippen LogP contribution in [0.3, 0.4) is 0 Å². The first-order chi connectivity index (χ1) is 15.0. The molecular weight excluding hydrogens is 526 g/mol. The summed E-state index contributed by atoms with van der Waals surface area (Å²) in [5.74, 6) is 0.293. The van der Waals surface area contributed by atoms with Gasteiger partial charge in [0.15, 0.2) is 5.43 Å². The van der Waals surface area contributed by atoms with Crippen molar-refractivity contribution >= 4 is 65.8 Å². The van der Waals surface area contributed by atoms with Crippen LogP contribution in [0.4, 0.5) is 0 Å². The zero-order valence-corrected chi connectivity index (χ0v) is 19.6. The molecule has 8 heteroatoms. The minimum absolute atomic E-state index is 0.0119. The second kappa shape index (κ2) is 9.03. The molecule has 31 heavy (non-hydrogen) atoms. The monoisotopic (exact) mass is 541 g/mol. The second-order valence-electron chi connectivity index (χ2n) is 6.75. The van der Waals surface area contributed by atoms with E-state index < -0.39 is 0 Å². The molecule has 0 unspecified atom stereocenters. The number of amides is 1. The van der Waals surface area contributed by atoms with Gasteiger partial charge in [-0.05, 0) is 52.3 Å². The van der Waals surface area contributed by atoms with Crippen LogP contribution >= 0.6 is 31.9 Å². The Kier molecular flexibility index (Phi) is 6.20. The van der Waals surface area contributed by atoms with Gasteiger partial charge in [0.25, 0.3) is 5.91 Å². The summed E-state index contributed by atoms with van der Waals surface area (Å²) in [6.45, 7) is 0.0119. The van der Waals surface area contributed by atoms with Crippen molar-refractivity contribution in [1.82, 2.24) is 9.99 Å². The number of methoxy groups -OCH3 is 1. The number of hydrazone groups is 1. The topological polar surface area (TPSA) is 72.7 Å².